The monoisotopic (exact) mass is 457 g/mol. The number of carbonyl (C=O) groups excluding carboxylic acids is 1. The van der Waals surface area contributed by atoms with Gasteiger partial charge in [-0.25, -0.2) is 0 Å². The fraction of sp³-hybridized carbons (Fsp3) is 0.333. The van der Waals surface area contributed by atoms with Gasteiger partial charge in [0.25, 0.3) is 0 Å². The molecule has 7 nitrogen and oxygen atoms in total. The first-order valence-corrected chi connectivity index (χ1v) is 11.6. The average Bonchev–Trinajstić information content (AvgIpc) is 3.08. The minimum absolute atomic E-state index is 0.103. The Kier molecular flexibility index (Phi) is 7.19. The lowest BCUT2D eigenvalue weighted by Crippen LogP contribution is -2.48. The third-order valence-electron chi connectivity index (χ3n) is 6.55. The zero-order valence-electron chi connectivity index (χ0n) is 20.0. The number of hydrogen-bond acceptors (Lipinski definition) is 5. The van der Waals surface area contributed by atoms with Crippen molar-refractivity contribution < 1.29 is 9.53 Å². The predicted molar refractivity (Wildman–Crippen MR) is 134 cm³/mol. The summed E-state index contributed by atoms with van der Waals surface area (Å²) in [5, 5.41) is 12.8. The summed E-state index contributed by atoms with van der Waals surface area (Å²) in [6.45, 7) is 8.01. The Bertz CT molecular complexity index is 1190. The Morgan fingerprint density at radius 3 is 2.38 bits per heavy atom. The number of hydrogen-bond donors (Lipinski definition) is 1. The Morgan fingerprint density at radius 2 is 1.71 bits per heavy atom. The summed E-state index contributed by atoms with van der Waals surface area (Å²) in [6, 6.07) is 20.4. The summed E-state index contributed by atoms with van der Waals surface area (Å²) < 4.78 is 7.52. The summed E-state index contributed by atoms with van der Waals surface area (Å²) in [4.78, 5) is 17.5. The number of methoxy groups -OCH3 is 1. The maximum Gasteiger partial charge on any atom is 0.239 e. The molecule has 2 aromatic carbocycles. The van der Waals surface area contributed by atoms with Crippen molar-refractivity contribution in [2.45, 2.75) is 20.4 Å². The fourth-order valence-corrected chi connectivity index (χ4v) is 4.51. The van der Waals surface area contributed by atoms with Crippen LogP contribution in [-0.4, -0.2) is 55.2 Å². The highest BCUT2D eigenvalue weighted by atomic mass is 16.5. The van der Waals surface area contributed by atoms with Crippen LogP contribution in [0.3, 0.4) is 0 Å². The Hall–Kier alpha value is -3.76. The number of ether oxygens (including phenoxy) is 1. The third-order valence-corrected chi connectivity index (χ3v) is 6.55. The van der Waals surface area contributed by atoms with Gasteiger partial charge in [-0.1, -0.05) is 42.5 Å². The molecule has 1 amide bonds. The highest BCUT2D eigenvalue weighted by Crippen LogP contribution is 2.29. The number of nitrogens with one attached hydrogen (secondary N) is 1. The largest absolute Gasteiger partial charge is 0.495 e. The van der Waals surface area contributed by atoms with Crippen LogP contribution >= 0.6 is 0 Å². The van der Waals surface area contributed by atoms with Gasteiger partial charge >= 0.3 is 0 Å². The van der Waals surface area contributed by atoms with E-state index in [1.165, 1.54) is 0 Å². The molecule has 0 unspecified atom stereocenters. The van der Waals surface area contributed by atoms with Gasteiger partial charge < -0.3 is 19.5 Å². The minimum Gasteiger partial charge on any atom is -0.495 e. The molecule has 4 rings (SSSR count). The van der Waals surface area contributed by atoms with Crippen molar-refractivity contribution in [1.82, 2.24) is 9.47 Å². The Labute approximate surface area is 201 Å². The van der Waals surface area contributed by atoms with E-state index in [4.69, 9.17) is 4.74 Å². The van der Waals surface area contributed by atoms with Crippen LogP contribution in [0.5, 0.6) is 5.75 Å². The third kappa shape index (κ3) is 4.92. The number of carbonyl (C=O) groups is 1. The van der Waals surface area contributed by atoms with Gasteiger partial charge in [-0.15, -0.1) is 0 Å². The van der Waals surface area contributed by atoms with E-state index in [-0.39, 0.29) is 5.91 Å². The number of piperazine rings is 1. The van der Waals surface area contributed by atoms with Gasteiger partial charge in [0.05, 0.1) is 24.9 Å². The van der Waals surface area contributed by atoms with Crippen molar-refractivity contribution in [3.63, 3.8) is 0 Å². The van der Waals surface area contributed by atoms with E-state index in [1.807, 2.05) is 66.9 Å². The van der Waals surface area contributed by atoms with Crippen molar-refractivity contribution in [3.8, 4) is 11.8 Å². The zero-order valence-corrected chi connectivity index (χ0v) is 20.0. The van der Waals surface area contributed by atoms with Crippen LogP contribution in [0.15, 0.2) is 54.6 Å². The number of rotatable bonds is 7. The van der Waals surface area contributed by atoms with Gasteiger partial charge in [0.1, 0.15) is 17.6 Å². The molecule has 1 fully saturated rings. The number of nitrogens with zero attached hydrogens (tertiary/aromatic N) is 4. The molecule has 0 spiro atoms. The highest BCUT2D eigenvalue weighted by Gasteiger charge is 2.23. The molecule has 0 atom stereocenters. The van der Waals surface area contributed by atoms with E-state index in [1.54, 1.807) is 7.11 Å². The molecule has 1 N–H and O–H groups in total. The lowest BCUT2D eigenvalue weighted by atomic mass is 10.2. The molecule has 176 valence electrons. The number of benzene rings is 2. The number of aromatic nitrogens is 1. The quantitative estimate of drug-likeness (QED) is 0.584. The van der Waals surface area contributed by atoms with E-state index in [9.17, 15) is 10.1 Å². The van der Waals surface area contributed by atoms with Gasteiger partial charge in [-0.2, -0.15) is 5.26 Å². The second-order valence-corrected chi connectivity index (χ2v) is 8.60. The molecule has 1 saturated heterocycles. The van der Waals surface area contributed by atoms with Gasteiger partial charge in [0.15, 0.2) is 0 Å². The van der Waals surface area contributed by atoms with E-state index in [0.717, 1.165) is 54.4 Å². The topological polar surface area (TPSA) is 73.5 Å². The van der Waals surface area contributed by atoms with Crippen molar-refractivity contribution in [2.24, 2.45) is 0 Å². The molecule has 0 bridgehead atoms. The van der Waals surface area contributed by atoms with Crippen molar-refractivity contribution in [1.29, 1.82) is 5.26 Å². The van der Waals surface area contributed by atoms with E-state index in [2.05, 4.69) is 27.3 Å². The zero-order chi connectivity index (χ0) is 24.1. The standard InChI is InChI=1S/C27H31N5O2/c1-20-21(2)32(18-22-9-5-4-6-10-22)27(23(20)17-28)29-26(33)19-30-13-15-31(16-14-30)24-11-7-8-12-25(24)34-3/h4-12H,13-16,18-19H2,1-3H3,(H,29,33). The summed E-state index contributed by atoms with van der Waals surface area (Å²) in [5.41, 5.74) is 4.62. The predicted octanol–water partition coefficient (Wildman–Crippen LogP) is 3.79. The molecule has 1 aliphatic rings. The van der Waals surface area contributed by atoms with Crippen molar-refractivity contribution in [2.75, 3.05) is 50.1 Å². The summed E-state index contributed by atoms with van der Waals surface area (Å²) in [7, 11) is 1.69. The fourth-order valence-electron chi connectivity index (χ4n) is 4.51. The van der Waals surface area contributed by atoms with Crippen LogP contribution in [0, 0.1) is 25.2 Å². The van der Waals surface area contributed by atoms with Gasteiger partial charge in [-0.3, -0.25) is 9.69 Å². The molecule has 1 aliphatic heterocycles. The molecular formula is C27H31N5O2. The summed E-state index contributed by atoms with van der Waals surface area (Å²) in [6.07, 6.45) is 0. The van der Waals surface area contributed by atoms with E-state index < -0.39 is 0 Å². The maximum absolute atomic E-state index is 13.0. The average molecular weight is 458 g/mol. The van der Waals surface area contributed by atoms with Crippen LogP contribution in [0.25, 0.3) is 0 Å². The number of nitriles is 1. The van der Waals surface area contributed by atoms with Crippen LogP contribution in [-0.2, 0) is 11.3 Å². The molecule has 7 heteroatoms. The lowest BCUT2D eigenvalue weighted by molar-refractivity contribution is -0.117. The molecule has 2 heterocycles. The highest BCUT2D eigenvalue weighted by molar-refractivity contribution is 5.93. The van der Waals surface area contributed by atoms with Crippen LogP contribution in [0.1, 0.15) is 22.4 Å². The Morgan fingerprint density at radius 1 is 1.03 bits per heavy atom. The first-order valence-electron chi connectivity index (χ1n) is 11.6. The van der Waals surface area contributed by atoms with Crippen molar-refractivity contribution >= 4 is 17.4 Å². The SMILES string of the molecule is COc1ccccc1N1CCN(CC(=O)Nc2c(C#N)c(C)c(C)n2Cc2ccccc2)CC1. The van der Waals surface area contributed by atoms with E-state index >= 15 is 0 Å². The molecule has 0 radical (unpaired) electrons. The smallest absolute Gasteiger partial charge is 0.239 e. The molecule has 34 heavy (non-hydrogen) atoms. The molecular weight excluding hydrogens is 426 g/mol. The van der Waals surface area contributed by atoms with Crippen LogP contribution in [0.2, 0.25) is 0 Å². The number of para-hydroxylation sites is 2. The molecule has 0 saturated carbocycles. The van der Waals surface area contributed by atoms with E-state index in [0.29, 0.717) is 24.5 Å². The second kappa shape index (κ2) is 10.4. The van der Waals surface area contributed by atoms with Gasteiger partial charge in [0.2, 0.25) is 5.91 Å². The summed E-state index contributed by atoms with van der Waals surface area (Å²) >= 11 is 0. The Balaban J connectivity index is 1.43. The lowest BCUT2D eigenvalue weighted by Gasteiger charge is -2.36. The summed E-state index contributed by atoms with van der Waals surface area (Å²) in [5.74, 6) is 1.34. The first-order chi connectivity index (χ1) is 16.5. The number of anilines is 2. The molecule has 1 aromatic heterocycles. The molecule has 3 aromatic rings. The van der Waals surface area contributed by atoms with Crippen molar-refractivity contribution in [3.05, 3.63) is 77.0 Å². The number of amides is 1. The second-order valence-electron chi connectivity index (χ2n) is 8.60. The van der Waals surface area contributed by atoms with Crippen LogP contribution in [0.4, 0.5) is 11.5 Å². The normalized spacial score (nSPS) is 14.0. The van der Waals surface area contributed by atoms with Crippen LogP contribution < -0.4 is 15.0 Å². The van der Waals surface area contributed by atoms with Gasteiger partial charge in [-0.05, 0) is 37.1 Å². The minimum atomic E-state index is -0.103. The molecule has 0 aliphatic carbocycles. The van der Waals surface area contributed by atoms with Gasteiger partial charge in [0, 0.05) is 38.4 Å². The first kappa shape index (κ1) is 23.4. The maximum atomic E-state index is 13.0.